The highest BCUT2D eigenvalue weighted by Crippen LogP contribution is 2.23. The van der Waals surface area contributed by atoms with Crippen LogP contribution in [0.3, 0.4) is 0 Å². The van der Waals surface area contributed by atoms with Crippen molar-refractivity contribution in [2.45, 2.75) is 32.3 Å². The molecule has 2 rings (SSSR count). The molecule has 0 saturated carbocycles. The second-order valence-corrected chi connectivity index (χ2v) is 5.15. The van der Waals surface area contributed by atoms with Crippen molar-refractivity contribution < 1.29 is 19.2 Å². The first-order valence-corrected chi connectivity index (χ1v) is 6.22. The van der Waals surface area contributed by atoms with Crippen LogP contribution < -0.4 is 0 Å². The van der Waals surface area contributed by atoms with Gasteiger partial charge < -0.3 is 9.47 Å². The van der Waals surface area contributed by atoms with Gasteiger partial charge in [0.25, 0.3) is 0 Å². The first-order valence-electron chi connectivity index (χ1n) is 6.22. The summed E-state index contributed by atoms with van der Waals surface area (Å²) in [7, 11) is 0. The van der Waals surface area contributed by atoms with E-state index in [4.69, 9.17) is 19.2 Å². The molecule has 0 radical (unpaired) electrons. The lowest BCUT2D eigenvalue weighted by atomic mass is 10.2. The molecule has 1 heterocycles. The van der Waals surface area contributed by atoms with Gasteiger partial charge in [-0.2, -0.15) is 4.89 Å². The Morgan fingerprint density at radius 1 is 1.11 bits per heavy atom. The molecular weight excluding hydrogens is 244 g/mol. The molecule has 1 aliphatic rings. The lowest BCUT2D eigenvalue weighted by molar-refractivity contribution is -0.483. The highest BCUT2D eigenvalue weighted by molar-refractivity contribution is 5.34. The second kappa shape index (κ2) is 5.72. The summed E-state index contributed by atoms with van der Waals surface area (Å²) in [5.41, 5.74) is 0.400. The van der Waals surface area contributed by atoms with E-state index in [1.807, 2.05) is 51.1 Å². The molecule has 19 heavy (non-hydrogen) atoms. The van der Waals surface area contributed by atoms with Gasteiger partial charge in [0, 0.05) is 11.5 Å². The van der Waals surface area contributed by atoms with Crippen LogP contribution in [-0.2, 0) is 19.2 Å². The van der Waals surface area contributed by atoms with Crippen LogP contribution in [0.15, 0.2) is 30.3 Å². The molecule has 0 amide bonds. The van der Waals surface area contributed by atoms with Crippen molar-refractivity contribution in [1.29, 1.82) is 0 Å². The third-order valence-corrected chi connectivity index (χ3v) is 2.20. The van der Waals surface area contributed by atoms with Crippen LogP contribution in [0.5, 0.6) is 0 Å². The molecule has 102 valence electrons. The predicted octanol–water partition coefficient (Wildman–Crippen LogP) is 2.49. The van der Waals surface area contributed by atoms with E-state index in [-0.39, 0.29) is 0 Å². The number of rotatable bonds is 2. The Morgan fingerprint density at radius 3 is 2.32 bits per heavy atom. The summed E-state index contributed by atoms with van der Waals surface area (Å²) >= 11 is 0. The van der Waals surface area contributed by atoms with E-state index in [1.54, 1.807) is 0 Å². The zero-order valence-corrected chi connectivity index (χ0v) is 11.4. The molecule has 1 aliphatic heterocycles. The molecule has 0 atom stereocenters. The van der Waals surface area contributed by atoms with Crippen molar-refractivity contribution in [1.82, 2.24) is 0 Å². The molecule has 0 spiro atoms. The Kier molecular flexibility index (Phi) is 4.23. The number of ether oxygens (including phenoxy) is 2. The van der Waals surface area contributed by atoms with E-state index in [0.717, 1.165) is 5.56 Å². The van der Waals surface area contributed by atoms with Crippen molar-refractivity contribution in [2.75, 3.05) is 13.2 Å². The van der Waals surface area contributed by atoms with Crippen LogP contribution in [0.1, 0.15) is 26.3 Å². The van der Waals surface area contributed by atoms with E-state index in [1.165, 1.54) is 0 Å². The van der Waals surface area contributed by atoms with Gasteiger partial charge in [-0.25, -0.2) is 4.89 Å². The maximum absolute atomic E-state index is 5.41. The fourth-order valence-corrected chi connectivity index (χ4v) is 1.38. The van der Waals surface area contributed by atoms with Gasteiger partial charge in [-0.3, -0.25) is 0 Å². The summed E-state index contributed by atoms with van der Waals surface area (Å²) in [6.07, 6.45) is 0. The standard InChI is InChI=1S/C15H18O4/c1-14(2,3)18-19-15(16-11-12-17-15)10-9-13-7-5-4-6-8-13/h4-8H,11-12H2,1-3H3. The second-order valence-electron chi connectivity index (χ2n) is 5.15. The van der Waals surface area contributed by atoms with Crippen LogP contribution in [0.25, 0.3) is 0 Å². The zero-order chi connectivity index (χ0) is 13.8. The third kappa shape index (κ3) is 4.34. The van der Waals surface area contributed by atoms with Gasteiger partial charge in [-0.1, -0.05) is 24.1 Å². The van der Waals surface area contributed by atoms with Crippen LogP contribution >= 0.6 is 0 Å². The normalized spacial score (nSPS) is 17.8. The SMILES string of the molecule is CC(C)(C)OOC1(C#Cc2ccccc2)OCCO1. The van der Waals surface area contributed by atoms with Crippen LogP contribution in [0.4, 0.5) is 0 Å². The summed E-state index contributed by atoms with van der Waals surface area (Å²) in [6, 6.07) is 9.57. The van der Waals surface area contributed by atoms with Crippen LogP contribution in [0, 0.1) is 11.8 Å². The van der Waals surface area contributed by atoms with Gasteiger partial charge in [0.05, 0.1) is 18.8 Å². The quantitative estimate of drug-likeness (QED) is 0.466. The maximum atomic E-state index is 5.41. The largest absolute Gasteiger partial charge is 0.380 e. The van der Waals surface area contributed by atoms with E-state index < -0.39 is 11.6 Å². The van der Waals surface area contributed by atoms with Crippen molar-refractivity contribution in [3.63, 3.8) is 0 Å². The van der Waals surface area contributed by atoms with E-state index in [9.17, 15) is 0 Å². The fourth-order valence-electron chi connectivity index (χ4n) is 1.38. The van der Waals surface area contributed by atoms with E-state index >= 15 is 0 Å². The Hall–Kier alpha value is -1.38. The van der Waals surface area contributed by atoms with Gasteiger partial charge in [0.2, 0.25) is 0 Å². The summed E-state index contributed by atoms with van der Waals surface area (Å²) in [4.78, 5) is 10.5. The summed E-state index contributed by atoms with van der Waals surface area (Å²) in [5, 5.41) is 0. The molecule has 0 aromatic heterocycles. The lowest BCUT2D eigenvalue weighted by Gasteiger charge is -2.25. The minimum Gasteiger partial charge on any atom is -0.313 e. The first kappa shape index (κ1) is 14.0. The topological polar surface area (TPSA) is 36.9 Å². The van der Waals surface area contributed by atoms with Gasteiger partial charge in [-0.15, -0.1) is 0 Å². The molecule has 0 N–H and O–H groups in total. The maximum Gasteiger partial charge on any atom is 0.380 e. The zero-order valence-electron chi connectivity index (χ0n) is 11.4. The Bertz CT molecular complexity index is 458. The van der Waals surface area contributed by atoms with Crippen molar-refractivity contribution in [3.8, 4) is 11.8 Å². The van der Waals surface area contributed by atoms with Crippen LogP contribution in [-0.4, -0.2) is 24.8 Å². The predicted molar refractivity (Wildman–Crippen MR) is 69.9 cm³/mol. The van der Waals surface area contributed by atoms with Gasteiger partial charge >= 0.3 is 5.97 Å². The average Bonchev–Trinajstić information content (AvgIpc) is 2.84. The number of hydrogen-bond acceptors (Lipinski definition) is 4. The van der Waals surface area contributed by atoms with Gasteiger partial charge in [0.15, 0.2) is 0 Å². The molecule has 1 fully saturated rings. The molecule has 0 aliphatic carbocycles. The fraction of sp³-hybridized carbons (Fsp3) is 0.467. The summed E-state index contributed by atoms with van der Waals surface area (Å²) in [5.74, 6) is 4.37. The molecule has 0 bridgehead atoms. The molecular formula is C15H18O4. The Balaban J connectivity index is 2.10. The molecule has 0 unspecified atom stereocenters. The van der Waals surface area contributed by atoms with E-state index in [0.29, 0.717) is 13.2 Å². The Labute approximate surface area is 113 Å². The van der Waals surface area contributed by atoms with Crippen molar-refractivity contribution in [2.24, 2.45) is 0 Å². The van der Waals surface area contributed by atoms with Crippen molar-refractivity contribution in [3.05, 3.63) is 35.9 Å². The molecule has 4 nitrogen and oxygen atoms in total. The highest BCUT2D eigenvalue weighted by atomic mass is 17.3. The number of hydrogen-bond donors (Lipinski definition) is 0. The lowest BCUT2D eigenvalue weighted by Crippen LogP contribution is -2.35. The van der Waals surface area contributed by atoms with E-state index in [2.05, 4.69) is 11.8 Å². The molecule has 4 heteroatoms. The Morgan fingerprint density at radius 2 is 1.74 bits per heavy atom. The summed E-state index contributed by atoms with van der Waals surface area (Å²) in [6.45, 7) is 6.48. The van der Waals surface area contributed by atoms with Gasteiger partial charge in [0.1, 0.15) is 0 Å². The molecule has 1 aromatic rings. The first-order chi connectivity index (χ1) is 8.99. The van der Waals surface area contributed by atoms with Crippen LogP contribution in [0.2, 0.25) is 0 Å². The smallest absolute Gasteiger partial charge is 0.313 e. The summed E-state index contributed by atoms with van der Waals surface area (Å²) < 4.78 is 10.8. The van der Waals surface area contributed by atoms with Crippen molar-refractivity contribution >= 4 is 0 Å². The highest BCUT2D eigenvalue weighted by Gasteiger charge is 2.39. The molecule has 1 aromatic carbocycles. The monoisotopic (exact) mass is 262 g/mol. The minimum absolute atomic E-state index is 0.428. The van der Waals surface area contributed by atoms with Gasteiger partial charge in [-0.05, 0) is 32.9 Å². The third-order valence-electron chi connectivity index (χ3n) is 2.20. The number of benzene rings is 1. The minimum atomic E-state index is -1.43. The molecule has 1 saturated heterocycles. The average molecular weight is 262 g/mol.